The maximum absolute atomic E-state index is 13.0. The number of rotatable bonds is 4. The van der Waals surface area contributed by atoms with Gasteiger partial charge >= 0.3 is 6.18 Å². The molecule has 2 fully saturated rings. The Hall–Kier alpha value is -1.07. The molecule has 2 aliphatic rings. The lowest BCUT2D eigenvalue weighted by Gasteiger charge is -2.44. The van der Waals surface area contributed by atoms with E-state index in [0.29, 0.717) is 23.6 Å². The van der Waals surface area contributed by atoms with Gasteiger partial charge in [0.05, 0.1) is 0 Å². The molecule has 0 N–H and O–H groups in total. The van der Waals surface area contributed by atoms with Gasteiger partial charge in [0.15, 0.2) is 0 Å². The van der Waals surface area contributed by atoms with Crippen LogP contribution >= 0.6 is 0 Å². The van der Waals surface area contributed by atoms with Gasteiger partial charge in [-0.05, 0) is 37.0 Å². The van der Waals surface area contributed by atoms with Crippen LogP contribution in [-0.2, 0) is 11.8 Å². The van der Waals surface area contributed by atoms with Crippen molar-refractivity contribution in [3.8, 4) is 0 Å². The monoisotopic (exact) mass is 288 g/mol. The zero-order valence-corrected chi connectivity index (χ0v) is 11.8. The Balaban J connectivity index is 1.64. The first-order chi connectivity index (χ1) is 9.28. The fourth-order valence-electron chi connectivity index (χ4n) is 3.29. The van der Waals surface area contributed by atoms with Crippen LogP contribution in [0.25, 0.3) is 0 Å². The molecule has 20 heavy (non-hydrogen) atoms. The van der Waals surface area contributed by atoms with Crippen molar-refractivity contribution in [2.75, 3.05) is 0 Å². The third-order valence-electron chi connectivity index (χ3n) is 5.05. The minimum absolute atomic E-state index is 0.0649. The van der Waals surface area contributed by atoms with Crippen molar-refractivity contribution in [3.05, 3.63) is 11.8 Å². The summed E-state index contributed by atoms with van der Waals surface area (Å²) in [4.78, 5) is 0. The average Bonchev–Trinajstić information content (AvgIpc) is 3.03. The molecule has 0 amide bonds. The second kappa shape index (κ2) is 4.21. The summed E-state index contributed by atoms with van der Waals surface area (Å²) in [7, 11) is 0. The maximum atomic E-state index is 13.0. The van der Waals surface area contributed by atoms with Crippen molar-refractivity contribution < 1.29 is 17.6 Å². The van der Waals surface area contributed by atoms with Crippen molar-refractivity contribution in [2.24, 2.45) is 11.3 Å². The first-order valence-electron chi connectivity index (χ1n) is 7.18. The molecule has 112 valence electrons. The topological polar surface area (TPSA) is 38.9 Å². The predicted molar refractivity (Wildman–Crippen MR) is 66.1 cm³/mol. The summed E-state index contributed by atoms with van der Waals surface area (Å²) in [6.45, 7) is 4.41. The highest BCUT2D eigenvalue weighted by Crippen LogP contribution is 2.58. The summed E-state index contributed by atoms with van der Waals surface area (Å²) in [5, 5.41) is 7.46. The molecular formula is C14H19F3N2O. The Morgan fingerprint density at radius 1 is 1.25 bits per heavy atom. The van der Waals surface area contributed by atoms with Crippen LogP contribution in [0.3, 0.4) is 0 Å². The SMILES string of the molecule is CCC1(C)CC(Cc2nnc(C3(C(F)(F)F)CC3)o2)C1. The van der Waals surface area contributed by atoms with Gasteiger partial charge in [-0.2, -0.15) is 13.2 Å². The van der Waals surface area contributed by atoms with E-state index in [1.54, 1.807) is 0 Å². The summed E-state index contributed by atoms with van der Waals surface area (Å²) < 4.78 is 44.2. The third-order valence-corrected chi connectivity index (χ3v) is 5.05. The molecule has 0 spiro atoms. The molecule has 3 nitrogen and oxygen atoms in total. The smallest absolute Gasteiger partial charge is 0.403 e. The minimum atomic E-state index is -4.28. The minimum Gasteiger partial charge on any atom is -0.424 e. The van der Waals surface area contributed by atoms with Crippen LogP contribution in [0, 0.1) is 11.3 Å². The molecule has 6 heteroatoms. The predicted octanol–water partition coefficient (Wildman–Crippen LogP) is 4.03. The number of halogens is 3. The Bertz CT molecular complexity index is 499. The molecule has 2 saturated carbocycles. The number of hydrogen-bond donors (Lipinski definition) is 0. The fraction of sp³-hybridized carbons (Fsp3) is 0.857. The number of aromatic nitrogens is 2. The summed E-state index contributed by atoms with van der Waals surface area (Å²) in [6, 6.07) is 0. The fourth-order valence-corrected chi connectivity index (χ4v) is 3.29. The third kappa shape index (κ3) is 2.13. The number of hydrogen-bond acceptors (Lipinski definition) is 3. The Morgan fingerprint density at radius 2 is 1.90 bits per heavy atom. The van der Waals surface area contributed by atoms with Gasteiger partial charge in [-0.1, -0.05) is 20.3 Å². The van der Waals surface area contributed by atoms with Crippen molar-refractivity contribution >= 4 is 0 Å². The van der Waals surface area contributed by atoms with E-state index in [4.69, 9.17) is 4.42 Å². The lowest BCUT2D eigenvalue weighted by atomic mass is 9.61. The molecule has 0 radical (unpaired) electrons. The molecule has 1 aromatic rings. The van der Waals surface area contributed by atoms with Crippen LogP contribution < -0.4 is 0 Å². The standard InChI is InChI=1S/C14H19F3N2O/c1-3-12(2)7-9(8-12)6-10-18-19-11(20-10)13(4-5-13)14(15,16)17/h9H,3-8H2,1-2H3. The molecule has 0 bridgehead atoms. The van der Waals surface area contributed by atoms with Crippen molar-refractivity contribution in [2.45, 2.75) is 64.0 Å². The van der Waals surface area contributed by atoms with Gasteiger partial charge in [0.25, 0.3) is 0 Å². The first-order valence-corrected chi connectivity index (χ1v) is 7.18. The van der Waals surface area contributed by atoms with Gasteiger partial charge in [-0.3, -0.25) is 0 Å². The van der Waals surface area contributed by atoms with Gasteiger partial charge in [0.1, 0.15) is 5.41 Å². The van der Waals surface area contributed by atoms with Gasteiger partial charge in [-0.25, -0.2) is 0 Å². The molecular weight excluding hydrogens is 269 g/mol. The van der Waals surface area contributed by atoms with E-state index in [1.807, 2.05) is 0 Å². The second-order valence-electron chi connectivity index (χ2n) is 6.72. The van der Waals surface area contributed by atoms with E-state index in [1.165, 1.54) is 0 Å². The molecule has 0 unspecified atom stereocenters. The molecule has 0 aromatic carbocycles. The lowest BCUT2D eigenvalue weighted by Crippen LogP contribution is -2.35. The Kier molecular flexibility index (Phi) is 2.93. The van der Waals surface area contributed by atoms with E-state index >= 15 is 0 Å². The van der Waals surface area contributed by atoms with Crippen molar-refractivity contribution in [1.29, 1.82) is 0 Å². The molecule has 0 saturated heterocycles. The summed E-state index contributed by atoms with van der Waals surface area (Å²) in [6.07, 6.45) is -0.234. The van der Waals surface area contributed by atoms with Crippen LogP contribution in [0.1, 0.15) is 57.7 Å². The van der Waals surface area contributed by atoms with E-state index in [9.17, 15) is 13.2 Å². The molecule has 1 aromatic heterocycles. The van der Waals surface area contributed by atoms with E-state index < -0.39 is 11.6 Å². The second-order valence-corrected chi connectivity index (χ2v) is 6.72. The Labute approximate surface area is 115 Å². The van der Waals surface area contributed by atoms with Gasteiger partial charge in [0.2, 0.25) is 11.8 Å². The highest BCUT2D eigenvalue weighted by molar-refractivity contribution is 5.19. The molecule has 3 rings (SSSR count). The van der Waals surface area contributed by atoms with Crippen molar-refractivity contribution in [1.82, 2.24) is 10.2 Å². The van der Waals surface area contributed by atoms with E-state index in [2.05, 4.69) is 24.0 Å². The van der Waals surface area contributed by atoms with Crippen molar-refractivity contribution in [3.63, 3.8) is 0 Å². The molecule has 2 aliphatic carbocycles. The van der Waals surface area contributed by atoms with Crippen LogP contribution in [-0.4, -0.2) is 16.4 Å². The highest BCUT2D eigenvalue weighted by atomic mass is 19.4. The highest BCUT2D eigenvalue weighted by Gasteiger charge is 2.68. The normalized spacial score (nSPS) is 31.9. The summed E-state index contributed by atoms with van der Waals surface area (Å²) >= 11 is 0. The maximum Gasteiger partial charge on any atom is 0.403 e. The summed E-state index contributed by atoms with van der Waals surface area (Å²) in [5.41, 5.74) is -1.47. The van der Waals surface area contributed by atoms with Crippen LogP contribution in [0.4, 0.5) is 13.2 Å². The van der Waals surface area contributed by atoms with Crippen LogP contribution in [0.15, 0.2) is 4.42 Å². The summed E-state index contributed by atoms with van der Waals surface area (Å²) in [5.74, 6) is 0.588. The van der Waals surface area contributed by atoms with Gasteiger partial charge in [-0.15, -0.1) is 10.2 Å². The first kappa shape index (κ1) is 13.9. The molecule has 0 atom stereocenters. The number of alkyl halides is 3. The van der Waals surface area contributed by atoms with E-state index in [-0.39, 0.29) is 18.7 Å². The average molecular weight is 288 g/mol. The van der Waals surface area contributed by atoms with E-state index in [0.717, 1.165) is 19.3 Å². The quantitative estimate of drug-likeness (QED) is 0.839. The largest absolute Gasteiger partial charge is 0.424 e. The lowest BCUT2D eigenvalue weighted by molar-refractivity contribution is -0.165. The molecule has 1 heterocycles. The van der Waals surface area contributed by atoms with Crippen LogP contribution in [0.5, 0.6) is 0 Å². The Morgan fingerprint density at radius 3 is 2.40 bits per heavy atom. The number of nitrogens with zero attached hydrogens (tertiary/aromatic N) is 2. The zero-order chi connectivity index (χ0) is 14.6. The molecule has 0 aliphatic heterocycles. The van der Waals surface area contributed by atoms with Crippen LogP contribution in [0.2, 0.25) is 0 Å². The van der Waals surface area contributed by atoms with Gasteiger partial charge in [0, 0.05) is 6.42 Å². The zero-order valence-electron chi connectivity index (χ0n) is 11.8. The van der Waals surface area contributed by atoms with Gasteiger partial charge < -0.3 is 4.42 Å².